The molecule has 80 valence electrons. The molecular formula is C8H12BrClN2OS. The number of hydrogen-bond donors (Lipinski definition) is 1. The first-order valence-corrected chi connectivity index (χ1v) is 5.47. The minimum atomic E-state index is -0.0395. The molecule has 0 aliphatic carbocycles. The van der Waals surface area contributed by atoms with Crippen molar-refractivity contribution in [3.8, 4) is 0 Å². The van der Waals surface area contributed by atoms with Crippen molar-refractivity contribution in [2.24, 2.45) is 5.73 Å². The number of hydrogen-bond acceptors (Lipinski definition) is 3. The van der Waals surface area contributed by atoms with Gasteiger partial charge in [-0.2, -0.15) is 0 Å². The molecule has 0 aliphatic rings. The van der Waals surface area contributed by atoms with Crippen LogP contribution in [0.3, 0.4) is 0 Å². The molecule has 0 atom stereocenters. The molecular weight excluding hydrogens is 288 g/mol. The fourth-order valence-corrected chi connectivity index (χ4v) is 2.15. The third kappa shape index (κ3) is 3.96. The highest BCUT2D eigenvalue weighted by molar-refractivity contribution is 9.11. The summed E-state index contributed by atoms with van der Waals surface area (Å²) in [6.45, 7) is 0.694. The van der Waals surface area contributed by atoms with E-state index in [1.54, 1.807) is 23.3 Å². The highest BCUT2D eigenvalue weighted by Gasteiger charge is 2.07. The van der Waals surface area contributed by atoms with Gasteiger partial charge >= 0.3 is 0 Å². The third-order valence-corrected chi connectivity index (χ3v) is 3.20. The molecule has 1 amide bonds. The summed E-state index contributed by atoms with van der Waals surface area (Å²) >= 11 is 4.98. The van der Waals surface area contributed by atoms with E-state index in [1.165, 1.54) is 0 Å². The quantitative estimate of drug-likeness (QED) is 0.926. The van der Waals surface area contributed by atoms with E-state index in [4.69, 9.17) is 5.73 Å². The fourth-order valence-electron chi connectivity index (χ4n) is 0.947. The molecule has 0 aliphatic heterocycles. The number of amides is 1. The lowest BCUT2D eigenvalue weighted by molar-refractivity contribution is -0.128. The summed E-state index contributed by atoms with van der Waals surface area (Å²) in [5, 5.41) is 2.02. The standard InChI is InChI=1S/C8H11BrN2OS.ClH/c1-11(8(12)3-10)4-6-2-7(9)13-5-6;/h2,5H,3-4,10H2,1H3;1H. The van der Waals surface area contributed by atoms with Crippen molar-refractivity contribution >= 4 is 45.6 Å². The average Bonchev–Trinajstić information content (AvgIpc) is 2.49. The van der Waals surface area contributed by atoms with Crippen LogP contribution in [0, 0.1) is 0 Å². The first kappa shape index (κ1) is 13.9. The lowest BCUT2D eigenvalue weighted by atomic mass is 10.3. The van der Waals surface area contributed by atoms with Gasteiger partial charge in [-0.1, -0.05) is 0 Å². The Morgan fingerprint density at radius 1 is 1.71 bits per heavy atom. The molecule has 0 aromatic carbocycles. The maximum atomic E-state index is 11.1. The van der Waals surface area contributed by atoms with E-state index >= 15 is 0 Å². The van der Waals surface area contributed by atoms with Crippen molar-refractivity contribution in [3.05, 3.63) is 20.8 Å². The first-order valence-electron chi connectivity index (χ1n) is 3.80. The van der Waals surface area contributed by atoms with Gasteiger partial charge in [-0.3, -0.25) is 4.79 Å². The summed E-state index contributed by atoms with van der Waals surface area (Å²) in [6, 6.07) is 2.00. The summed E-state index contributed by atoms with van der Waals surface area (Å²) < 4.78 is 1.08. The average molecular weight is 300 g/mol. The minimum absolute atomic E-state index is 0. The van der Waals surface area contributed by atoms with E-state index in [2.05, 4.69) is 15.9 Å². The molecule has 0 spiro atoms. The smallest absolute Gasteiger partial charge is 0.236 e. The van der Waals surface area contributed by atoms with Crippen LogP contribution in [-0.4, -0.2) is 24.4 Å². The van der Waals surface area contributed by atoms with E-state index in [0.717, 1.165) is 9.35 Å². The van der Waals surface area contributed by atoms with E-state index in [0.29, 0.717) is 6.54 Å². The summed E-state index contributed by atoms with van der Waals surface area (Å²) in [5.74, 6) is -0.0395. The Morgan fingerprint density at radius 3 is 2.79 bits per heavy atom. The molecule has 1 rings (SSSR count). The molecule has 0 unspecified atom stereocenters. The number of likely N-dealkylation sites (N-methyl/N-ethyl adjacent to an activating group) is 1. The molecule has 3 nitrogen and oxygen atoms in total. The van der Waals surface area contributed by atoms with E-state index < -0.39 is 0 Å². The van der Waals surface area contributed by atoms with Crippen molar-refractivity contribution in [1.29, 1.82) is 0 Å². The van der Waals surface area contributed by atoms with Crippen LogP contribution in [-0.2, 0) is 11.3 Å². The molecule has 0 saturated carbocycles. The molecule has 14 heavy (non-hydrogen) atoms. The van der Waals surface area contributed by atoms with Crippen molar-refractivity contribution in [3.63, 3.8) is 0 Å². The molecule has 1 heterocycles. The number of halogens is 2. The van der Waals surface area contributed by atoms with Crippen molar-refractivity contribution < 1.29 is 4.79 Å². The Kier molecular flexibility index (Phi) is 6.35. The number of nitrogens with zero attached hydrogens (tertiary/aromatic N) is 1. The first-order chi connectivity index (χ1) is 6.13. The molecule has 6 heteroatoms. The van der Waals surface area contributed by atoms with Gasteiger partial charge in [-0.15, -0.1) is 23.7 Å². The second-order valence-electron chi connectivity index (χ2n) is 2.71. The monoisotopic (exact) mass is 298 g/mol. The molecule has 1 aromatic heterocycles. The summed E-state index contributed by atoms with van der Waals surface area (Å²) in [6.07, 6.45) is 0. The number of carbonyl (C=O) groups excluding carboxylic acids is 1. The highest BCUT2D eigenvalue weighted by atomic mass is 79.9. The Morgan fingerprint density at radius 2 is 2.36 bits per heavy atom. The molecule has 1 aromatic rings. The van der Waals surface area contributed by atoms with Crippen LogP contribution in [0.15, 0.2) is 15.2 Å². The van der Waals surface area contributed by atoms with E-state index in [-0.39, 0.29) is 24.9 Å². The maximum Gasteiger partial charge on any atom is 0.236 e. The summed E-state index contributed by atoms with van der Waals surface area (Å²) in [4.78, 5) is 12.7. The van der Waals surface area contributed by atoms with Crippen LogP contribution >= 0.6 is 39.7 Å². The number of rotatable bonds is 3. The molecule has 0 radical (unpaired) electrons. The normalized spacial score (nSPS) is 9.36. The van der Waals surface area contributed by atoms with Gasteiger partial charge in [0.25, 0.3) is 0 Å². The lowest BCUT2D eigenvalue weighted by Crippen LogP contribution is -2.31. The molecule has 0 fully saturated rings. The van der Waals surface area contributed by atoms with Gasteiger partial charge in [0.15, 0.2) is 0 Å². The Bertz CT molecular complexity index is 305. The minimum Gasteiger partial charge on any atom is -0.340 e. The number of thiophene rings is 1. The molecule has 2 N–H and O–H groups in total. The van der Waals surface area contributed by atoms with Crippen LogP contribution in [0.1, 0.15) is 5.56 Å². The number of carbonyl (C=O) groups is 1. The predicted octanol–water partition coefficient (Wildman–Crippen LogP) is 1.85. The molecule has 0 saturated heterocycles. The summed E-state index contributed by atoms with van der Waals surface area (Å²) in [7, 11) is 1.75. The summed E-state index contributed by atoms with van der Waals surface area (Å²) in [5.41, 5.74) is 6.36. The van der Waals surface area contributed by atoms with Crippen LogP contribution in [0.4, 0.5) is 0 Å². The van der Waals surface area contributed by atoms with Gasteiger partial charge in [0.1, 0.15) is 0 Å². The van der Waals surface area contributed by atoms with Gasteiger partial charge in [0, 0.05) is 13.6 Å². The van der Waals surface area contributed by atoms with Crippen LogP contribution < -0.4 is 5.73 Å². The largest absolute Gasteiger partial charge is 0.340 e. The van der Waals surface area contributed by atoms with Crippen LogP contribution in [0.5, 0.6) is 0 Å². The van der Waals surface area contributed by atoms with Gasteiger partial charge in [-0.25, -0.2) is 0 Å². The second-order valence-corrected chi connectivity index (χ2v) is 5.00. The zero-order valence-corrected chi connectivity index (χ0v) is 10.9. The predicted molar refractivity (Wildman–Crippen MR) is 64.8 cm³/mol. The number of nitrogens with two attached hydrogens (primary N) is 1. The Hall–Kier alpha value is -0.100. The lowest BCUT2D eigenvalue weighted by Gasteiger charge is -2.14. The van der Waals surface area contributed by atoms with E-state index in [1.807, 2.05) is 11.4 Å². The Balaban J connectivity index is 0.00000169. The topological polar surface area (TPSA) is 46.3 Å². The second kappa shape index (κ2) is 6.40. The van der Waals surface area contributed by atoms with Crippen molar-refractivity contribution in [2.75, 3.05) is 13.6 Å². The zero-order valence-electron chi connectivity index (χ0n) is 7.70. The van der Waals surface area contributed by atoms with Crippen LogP contribution in [0.2, 0.25) is 0 Å². The van der Waals surface area contributed by atoms with Crippen LogP contribution in [0.25, 0.3) is 0 Å². The maximum absolute atomic E-state index is 11.1. The fraction of sp³-hybridized carbons (Fsp3) is 0.375. The third-order valence-electron chi connectivity index (χ3n) is 1.64. The molecule has 0 bridgehead atoms. The highest BCUT2D eigenvalue weighted by Crippen LogP contribution is 2.21. The van der Waals surface area contributed by atoms with Gasteiger partial charge < -0.3 is 10.6 Å². The van der Waals surface area contributed by atoms with Crippen molar-refractivity contribution in [1.82, 2.24) is 4.90 Å². The van der Waals surface area contributed by atoms with E-state index in [9.17, 15) is 4.79 Å². The van der Waals surface area contributed by atoms with Gasteiger partial charge in [-0.05, 0) is 32.9 Å². The van der Waals surface area contributed by atoms with Crippen molar-refractivity contribution in [2.45, 2.75) is 6.54 Å². The van der Waals surface area contributed by atoms with Gasteiger partial charge in [0.2, 0.25) is 5.91 Å². The SMILES string of the molecule is CN(Cc1csc(Br)c1)C(=O)CN.Cl. The Labute approximate surface area is 102 Å². The zero-order chi connectivity index (χ0) is 9.84. The van der Waals surface area contributed by atoms with Gasteiger partial charge in [0.05, 0.1) is 10.3 Å².